The first kappa shape index (κ1) is 17.8. The molecule has 0 aromatic heterocycles. The number of rotatable bonds is 6. The van der Waals surface area contributed by atoms with E-state index in [4.69, 9.17) is 5.73 Å². The molecule has 1 aromatic rings. The second kappa shape index (κ2) is 9.56. The van der Waals surface area contributed by atoms with Crippen LogP contribution in [-0.4, -0.2) is 30.0 Å². The third kappa shape index (κ3) is 6.61. The summed E-state index contributed by atoms with van der Waals surface area (Å²) in [4.78, 5) is 7.03. The first-order chi connectivity index (χ1) is 11.2. The van der Waals surface area contributed by atoms with Crippen molar-refractivity contribution in [2.75, 3.05) is 13.1 Å². The highest BCUT2D eigenvalue weighted by Crippen LogP contribution is 2.14. The van der Waals surface area contributed by atoms with Crippen molar-refractivity contribution in [2.24, 2.45) is 10.7 Å². The minimum absolute atomic E-state index is 0.369. The smallest absolute Gasteiger partial charge is 0.189 e. The molecule has 1 aliphatic heterocycles. The van der Waals surface area contributed by atoms with E-state index >= 15 is 0 Å². The molecule has 0 bridgehead atoms. The summed E-state index contributed by atoms with van der Waals surface area (Å²) >= 11 is 0. The Hall–Kier alpha value is -1.55. The van der Waals surface area contributed by atoms with Crippen LogP contribution in [0.5, 0.6) is 0 Å². The predicted octanol–water partition coefficient (Wildman–Crippen LogP) is 3.27. The molecule has 2 rings (SSSR count). The van der Waals surface area contributed by atoms with Crippen LogP contribution in [0.2, 0.25) is 0 Å². The van der Waals surface area contributed by atoms with Crippen molar-refractivity contribution < 1.29 is 0 Å². The van der Waals surface area contributed by atoms with Gasteiger partial charge in [-0.15, -0.1) is 0 Å². The Balaban J connectivity index is 1.90. The highest BCUT2D eigenvalue weighted by Gasteiger charge is 2.09. The van der Waals surface area contributed by atoms with Crippen molar-refractivity contribution in [3.8, 4) is 0 Å². The molecule has 1 aromatic carbocycles. The number of nitrogens with two attached hydrogens (primary N) is 1. The topological polar surface area (TPSA) is 53.6 Å². The summed E-state index contributed by atoms with van der Waals surface area (Å²) in [5.74, 6) is 0.539. The second-order valence-corrected chi connectivity index (χ2v) is 6.67. The number of nitrogens with one attached hydrogen (secondary N) is 1. The highest BCUT2D eigenvalue weighted by atomic mass is 15.1. The third-order valence-corrected chi connectivity index (χ3v) is 4.53. The van der Waals surface area contributed by atoms with Crippen molar-refractivity contribution in [3.63, 3.8) is 0 Å². The van der Waals surface area contributed by atoms with Crippen LogP contribution in [0.15, 0.2) is 29.3 Å². The predicted molar refractivity (Wildman–Crippen MR) is 98.4 cm³/mol. The quantitative estimate of drug-likeness (QED) is 0.625. The van der Waals surface area contributed by atoms with E-state index in [1.807, 2.05) is 0 Å². The van der Waals surface area contributed by atoms with Gasteiger partial charge in [0, 0.05) is 12.6 Å². The van der Waals surface area contributed by atoms with E-state index in [1.54, 1.807) is 0 Å². The van der Waals surface area contributed by atoms with E-state index in [0.717, 1.165) is 13.0 Å². The normalized spacial score (nSPS) is 18.4. The van der Waals surface area contributed by atoms with Crippen LogP contribution < -0.4 is 11.1 Å². The average molecular weight is 316 g/mol. The van der Waals surface area contributed by atoms with Gasteiger partial charge in [0.25, 0.3) is 0 Å². The number of aliphatic imine (C=N–C) groups is 1. The zero-order valence-electron chi connectivity index (χ0n) is 14.7. The lowest BCUT2D eigenvalue weighted by molar-refractivity contribution is 0.277. The van der Waals surface area contributed by atoms with Crippen LogP contribution in [-0.2, 0) is 13.1 Å². The van der Waals surface area contributed by atoms with Crippen LogP contribution >= 0.6 is 0 Å². The molecule has 0 radical (unpaired) electrons. The Morgan fingerprint density at radius 3 is 2.61 bits per heavy atom. The molecular formula is C19H32N4. The van der Waals surface area contributed by atoms with Crippen LogP contribution in [0.25, 0.3) is 0 Å². The highest BCUT2D eigenvalue weighted by molar-refractivity contribution is 5.78. The van der Waals surface area contributed by atoms with E-state index in [1.165, 1.54) is 49.9 Å². The molecule has 0 spiro atoms. The van der Waals surface area contributed by atoms with Crippen molar-refractivity contribution in [1.29, 1.82) is 0 Å². The fourth-order valence-corrected chi connectivity index (χ4v) is 2.96. The minimum Gasteiger partial charge on any atom is -0.370 e. The summed E-state index contributed by atoms with van der Waals surface area (Å²) in [6, 6.07) is 9.12. The molecule has 23 heavy (non-hydrogen) atoms. The lowest BCUT2D eigenvalue weighted by Crippen LogP contribution is -2.38. The Labute approximate surface area is 141 Å². The van der Waals surface area contributed by atoms with Gasteiger partial charge < -0.3 is 11.1 Å². The van der Waals surface area contributed by atoms with Gasteiger partial charge in [-0.2, -0.15) is 0 Å². The lowest BCUT2D eigenvalue weighted by atomic mass is 10.1. The molecule has 1 heterocycles. The molecule has 4 nitrogen and oxygen atoms in total. The molecule has 1 unspecified atom stereocenters. The molecule has 0 aliphatic carbocycles. The van der Waals surface area contributed by atoms with Gasteiger partial charge in [0.2, 0.25) is 0 Å². The maximum Gasteiger partial charge on any atom is 0.189 e. The summed E-state index contributed by atoms with van der Waals surface area (Å²) in [5.41, 5.74) is 8.54. The van der Waals surface area contributed by atoms with Crippen LogP contribution in [0.4, 0.5) is 0 Å². The van der Waals surface area contributed by atoms with Crippen molar-refractivity contribution in [3.05, 3.63) is 35.4 Å². The van der Waals surface area contributed by atoms with Gasteiger partial charge in [-0.1, -0.05) is 44.0 Å². The van der Waals surface area contributed by atoms with Gasteiger partial charge in [-0.05, 0) is 50.4 Å². The Morgan fingerprint density at radius 1 is 1.22 bits per heavy atom. The molecule has 3 N–H and O–H groups in total. The van der Waals surface area contributed by atoms with Crippen molar-refractivity contribution >= 4 is 5.96 Å². The number of benzene rings is 1. The van der Waals surface area contributed by atoms with E-state index in [0.29, 0.717) is 18.5 Å². The molecule has 4 heteroatoms. The molecule has 128 valence electrons. The third-order valence-electron chi connectivity index (χ3n) is 4.53. The Kier molecular flexibility index (Phi) is 7.40. The fraction of sp³-hybridized carbons (Fsp3) is 0.632. The maximum absolute atomic E-state index is 5.93. The van der Waals surface area contributed by atoms with Gasteiger partial charge in [0.05, 0.1) is 6.54 Å². The largest absolute Gasteiger partial charge is 0.370 e. The molecule has 1 atom stereocenters. The van der Waals surface area contributed by atoms with Crippen LogP contribution in [0.3, 0.4) is 0 Å². The van der Waals surface area contributed by atoms with E-state index in [2.05, 4.69) is 53.3 Å². The van der Waals surface area contributed by atoms with Gasteiger partial charge in [0.15, 0.2) is 5.96 Å². The number of nitrogens with zero attached hydrogens (tertiary/aromatic N) is 2. The van der Waals surface area contributed by atoms with Gasteiger partial charge >= 0.3 is 0 Å². The standard InChI is InChI=1S/C19H32N4/c1-3-16(2)22-19(20)21-14-17-9-8-10-18(13-17)15-23-11-6-4-5-7-12-23/h8-10,13,16H,3-7,11-12,14-15H2,1-2H3,(H3,20,21,22). The zero-order valence-corrected chi connectivity index (χ0v) is 14.7. The molecule has 1 saturated heterocycles. The monoisotopic (exact) mass is 316 g/mol. The molecule has 0 saturated carbocycles. The number of guanidine groups is 1. The number of likely N-dealkylation sites (tertiary alicyclic amines) is 1. The first-order valence-corrected chi connectivity index (χ1v) is 9.04. The summed E-state index contributed by atoms with van der Waals surface area (Å²) in [5, 5.41) is 3.21. The van der Waals surface area contributed by atoms with Gasteiger partial charge in [-0.3, -0.25) is 4.90 Å². The summed E-state index contributed by atoms with van der Waals surface area (Å²) in [6.45, 7) is 8.41. The average Bonchev–Trinajstić information content (AvgIpc) is 2.82. The van der Waals surface area contributed by atoms with Gasteiger partial charge in [0.1, 0.15) is 0 Å². The van der Waals surface area contributed by atoms with E-state index in [9.17, 15) is 0 Å². The second-order valence-electron chi connectivity index (χ2n) is 6.67. The van der Waals surface area contributed by atoms with Crippen LogP contribution in [0.1, 0.15) is 57.1 Å². The van der Waals surface area contributed by atoms with Crippen molar-refractivity contribution in [2.45, 2.75) is 65.1 Å². The first-order valence-electron chi connectivity index (χ1n) is 9.04. The lowest BCUT2D eigenvalue weighted by Gasteiger charge is -2.20. The molecular weight excluding hydrogens is 284 g/mol. The fourth-order valence-electron chi connectivity index (χ4n) is 2.96. The SMILES string of the molecule is CCC(C)NC(N)=NCc1cccc(CN2CCCCCC2)c1. The zero-order chi connectivity index (χ0) is 16.5. The number of hydrogen-bond acceptors (Lipinski definition) is 2. The van der Waals surface area contributed by atoms with E-state index < -0.39 is 0 Å². The number of hydrogen-bond donors (Lipinski definition) is 2. The van der Waals surface area contributed by atoms with Gasteiger partial charge in [-0.25, -0.2) is 4.99 Å². The Morgan fingerprint density at radius 2 is 1.91 bits per heavy atom. The summed E-state index contributed by atoms with van der Waals surface area (Å²) < 4.78 is 0. The van der Waals surface area contributed by atoms with Crippen LogP contribution in [0, 0.1) is 0 Å². The molecule has 1 aliphatic rings. The van der Waals surface area contributed by atoms with Crippen molar-refractivity contribution in [1.82, 2.24) is 10.2 Å². The summed E-state index contributed by atoms with van der Waals surface area (Å²) in [7, 11) is 0. The minimum atomic E-state index is 0.369. The summed E-state index contributed by atoms with van der Waals surface area (Å²) in [6.07, 6.45) is 6.48. The molecule has 0 amide bonds. The maximum atomic E-state index is 5.93. The van der Waals surface area contributed by atoms with E-state index in [-0.39, 0.29) is 0 Å². The molecule has 1 fully saturated rings. The Bertz CT molecular complexity index is 490.